The van der Waals surface area contributed by atoms with E-state index in [-0.39, 0.29) is 42.2 Å². The Morgan fingerprint density at radius 3 is 2.53 bits per heavy atom. The number of hydrogen-bond donors (Lipinski definition) is 2. The van der Waals surface area contributed by atoms with Crippen LogP contribution in [0.25, 0.3) is 0 Å². The monoisotopic (exact) mass is 773 g/mol. The molecule has 3 heterocycles. The summed E-state index contributed by atoms with van der Waals surface area (Å²) < 4.78 is 18.6. The standard InChI is InChI=1S/C39H56BrN3O8/c1-7-10-15-20-42(19-9-3)37(47)35-39-22-28(40)34(51-39)31(32(39)36(46)43(35)27(23-44)21-25(4)5)38(48)50-33(26-16-13-12-14-17-26)29(24-49-6)41-30(45)18-11-8-2/h8-9,12-14,16-17,25,27-29,31-35,44H,2-3,7,10-11,15,18-24H2,1,4-6H3,(H,41,45)/t27-,28?,29-,31+,32-,33-,34+,35+,39-/m1/s1. The van der Waals surface area contributed by atoms with E-state index in [9.17, 15) is 24.3 Å². The number of methoxy groups -OCH3 is 1. The highest BCUT2D eigenvalue weighted by Gasteiger charge is 2.77. The molecule has 0 aromatic heterocycles. The Kier molecular flexibility index (Phi) is 14.9. The summed E-state index contributed by atoms with van der Waals surface area (Å²) >= 11 is 3.75. The number of fused-ring (bicyclic) bond motifs is 1. The van der Waals surface area contributed by atoms with E-state index in [1.54, 1.807) is 17.1 Å². The predicted molar refractivity (Wildman–Crippen MR) is 198 cm³/mol. The molecule has 3 amide bonds. The van der Waals surface area contributed by atoms with Gasteiger partial charge in [-0.3, -0.25) is 19.2 Å². The number of hydrogen-bond acceptors (Lipinski definition) is 8. The van der Waals surface area contributed by atoms with Crippen molar-refractivity contribution in [2.24, 2.45) is 17.8 Å². The minimum absolute atomic E-state index is 0.0551. The highest BCUT2D eigenvalue weighted by Crippen LogP contribution is 2.61. The lowest BCUT2D eigenvalue weighted by Crippen LogP contribution is -2.59. The van der Waals surface area contributed by atoms with Gasteiger partial charge < -0.3 is 34.4 Å². The Labute approximate surface area is 311 Å². The molecule has 2 bridgehead atoms. The van der Waals surface area contributed by atoms with Crippen molar-refractivity contribution in [2.75, 3.05) is 33.4 Å². The zero-order valence-electron chi connectivity index (χ0n) is 30.5. The van der Waals surface area contributed by atoms with Crippen LogP contribution in [0, 0.1) is 17.8 Å². The Bertz CT molecular complexity index is 1380. The smallest absolute Gasteiger partial charge is 0.313 e. The number of carbonyl (C=O) groups excluding carboxylic acids is 4. The van der Waals surface area contributed by atoms with Crippen LogP contribution in [-0.2, 0) is 33.4 Å². The number of ether oxygens (including phenoxy) is 3. The summed E-state index contributed by atoms with van der Waals surface area (Å²) in [4.78, 5) is 59.9. The van der Waals surface area contributed by atoms with Gasteiger partial charge in [-0.15, -0.1) is 13.2 Å². The van der Waals surface area contributed by atoms with E-state index < -0.39 is 59.6 Å². The molecule has 11 nitrogen and oxygen atoms in total. The molecule has 51 heavy (non-hydrogen) atoms. The quantitative estimate of drug-likeness (QED) is 0.0794. The number of rotatable bonds is 21. The van der Waals surface area contributed by atoms with Crippen LogP contribution >= 0.6 is 15.9 Å². The Morgan fingerprint density at radius 1 is 1.20 bits per heavy atom. The fraction of sp³-hybridized carbons (Fsp3) is 0.641. The van der Waals surface area contributed by atoms with Gasteiger partial charge in [-0.1, -0.05) is 92.0 Å². The summed E-state index contributed by atoms with van der Waals surface area (Å²) in [6, 6.07) is 6.65. The van der Waals surface area contributed by atoms with E-state index in [2.05, 4.69) is 41.3 Å². The van der Waals surface area contributed by atoms with E-state index in [1.165, 1.54) is 12.0 Å². The van der Waals surface area contributed by atoms with Crippen LogP contribution in [0.4, 0.5) is 0 Å². The number of alkyl halides is 1. The number of benzene rings is 1. The largest absolute Gasteiger partial charge is 0.455 e. The number of nitrogens with one attached hydrogen (secondary N) is 1. The van der Waals surface area contributed by atoms with E-state index in [4.69, 9.17) is 14.2 Å². The minimum atomic E-state index is -1.32. The summed E-state index contributed by atoms with van der Waals surface area (Å²) in [5, 5.41) is 13.6. The molecule has 12 heteroatoms. The molecule has 3 saturated heterocycles. The van der Waals surface area contributed by atoms with E-state index in [0.29, 0.717) is 37.9 Å². The van der Waals surface area contributed by atoms with Crippen molar-refractivity contribution < 1.29 is 38.5 Å². The lowest BCUT2D eigenvalue weighted by Gasteiger charge is -2.40. The normalized spacial score (nSPS) is 26.8. The molecule has 0 saturated carbocycles. The molecule has 3 aliphatic heterocycles. The maximum atomic E-state index is 14.8. The van der Waals surface area contributed by atoms with Gasteiger partial charge in [0.1, 0.15) is 17.7 Å². The van der Waals surface area contributed by atoms with Crippen molar-refractivity contribution in [3.63, 3.8) is 0 Å². The second-order valence-electron chi connectivity index (χ2n) is 14.4. The van der Waals surface area contributed by atoms with Crippen LogP contribution in [0.2, 0.25) is 0 Å². The number of nitrogens with zero attached hydrogens (tertiary/aromatic N) is 2. The number of aliphatic hydroxyl groups excluding tert-OH is 1. The number of likely N-dealkylation sites (tertiary alicyclic amines) is 1. The molecule has 9 atom stereocenters. The topological polar surface area (TPSA) is 135 Å². The first-order valence-corrected chi connectivity index (χ1v) is 19.2. The summed E-state index contributed by atoms with van der Waals surface area (Å²) in [6.07, 6.45) is 5.81. The summed E-state index contributed by atoms with van der Waals surface area (Å²) in [6.45, 7) is 14.2. The average molecular weight is 775 g/mol. The van der Waals surface area contributed by atoms with Crippen LogP contribution in [-0.4, -0.2) is 107 Å². The molecule has 4 rings (SSSR count). The highest BCUT2D eigenvalue weighted by molar-refractivity contribution is 9.09. The molecule has 3 fully saturated rings. The molecule has 1 unspecified atom stereocenters. The highest BCUT2D eigenvalue weighted by atomic mass is 79.9. The van der Waals surface area contributed by atoms with E-state index >= 15 is 0 Å². The van der Waals surface area contributed by atoms with Crippen LogP contribution in [0.1, 0.15) is 77.4 Å². The SMILES string of the molecule is C=CCCC(=O)N[C@H](COC)[C@H](OC(=O)[C@@H]1[C@H]2O[C@@]3(CC2Br)[C@H](C(=O)N(CC=C)CCCCC)N([C@@H](CO)CC(C)C)C(=O)[C@@H]13)c1ccccc1. The maximum Gasteiger partial charge on any atom is 0.313 e. The third-order valence-electron chi connectivity index (χ3n) is 10.3. The van der Waals surface area contributed by atoms with Gasteiger partial charge in [-0.05, 0) is 37.2 Å². The summed E-state index contributed by atoms with van der Waals surface area (Å²) in [5.41, 5.74) is -0.679. The maximum absolute atomic E-state index is 14.8. The number of aliphatic hydroxyl groups is 1. The van der Waals surface area contributed by atoms with Gasteiger partial charge >= 0.3 is 5.97 Å². The third-order valence-corrected chi connectivity index (χ3v) is 11.1. The third kappa shape index (κ3) is 8.77. The molecule has 1 aromatic carbocycles. The van der Waals surface area contributed by atoms with Gasteiger partial charge in [0.2, 0.25) is 17.7 Å². The van der Waals surface area contributed by atoms with Crippen LogP contribution in [0.15, 0.2) is 55.6 Å². The Morgan fingerprint density at radius 2 is 1.92 bits per heavy atom. The number of amides is 3. The van der Waals surface area contributed by atoms with Crippen molar-refractivity contribution in [1.29, 1.82) is 0 Å². The average Bonchev–Trinajstić information content (AvgIpc) is 3.71. The van der Waals surface area contributed by atoms with Gasteiger partial charge in [-0.2, -0.15) is 0 Å². The van der Waals surface area contributed by atoms with Crippen LogP contribution in [0.5, 0.6) is 0 Å². The zero-order chi connectivity index (χ0) is 37.3. The lowest BCUT2D eigenvalue weighted by atomic mass is 9.70. The molecular weight excluding hydrogens is 718 g/mol. The first-order valence-electron chi connectivity index (χ1n) is 18.3. The first-order chi connectivity index (χ1) is 24.5. The molecule has 1 aromatic rings. The van der Waals surface area contributed by atoms with E-state index in [0.717, 1.165) is 19.3 Å². The van der Waals surface area contributed by atoms with Crippen molar-refractivity contribution >= 4 is 39.6 Å². The number of carbonyl (C=O) groups is 4. The van der Waals surface area contributed by atoms with Gasteiger partial charge in [-0.25, -0.2) is 0 Å². The Hall–Kier alpha value is -3.06. The summed E-state index contributed by atoms with van der Waals surface area (Å²) in [7, 11) is 1.51. The molecule has 282 valence electrons. The van der Waals surface area contributed by atoms with Crippen molar-refractivity contribution in [3.8, 4) is 0 Å². The fourth-order valence-electron chi connectivity index (χ4n) is 8.13. The van der Waals surface area contributed by atoms with Crippen molar-refractivity contribution in [2.45, 2.75) is 106 Å². The van der Waals surface area contributed by atoms with Crippen molar-refractivity contribution in [3.05, 3.63) is 61.2 Å². The molecule has 0 radical (unpaired) electrons. The minimum Gasteiger partial charge on any atom is -0.455 e. The molecule has 1 spiro atoms. The Balaban J connectivity index is 1.76. The zero-order valence-corrected chi connectivity index (χ0v) is 32.1. The van der Waals surface area contributed by atoms with Gasteiger partial charge in [0.05, 0.1) is 43.2 Å². The van der Waals surface area contributed by atoms with Gasteiger partial charge in [0.25, 0.3) is 0 Å². The molecule has 2 N–H and O–H groups in total. The number of unbranched alkanes of at least 4 members (excludes halogenated alkanes) is 2. The number of esters is 1. The van der Waals surface area contributed by atoms with Gasteiger partial charge in [0.15, 0.2) is 0 Å². The molecule has 0 aliphatic carbocycles. The van der Waals surface area contributed by atoms with Crippen LogP contribution < -0.4 is 5.32 Å². The second-order valence-corrected chi connectivity index (χ2v) is 15.6. The molecular formula is C39H56BrN3O8. The number of halogens is 1. The second kappa shape index (κ2) is 18.6. The van der Waals surface area contributed by atoms with Crippen LogP contribution in [0.3, 0.4) is 0 Å². The summed E-state index contributed by atoms with van der Waals surface area (Å²) in [5.74, 6) is -3.53. The predicted octanol–water partition coefficient (Wildman–Crippen LogP) is 4.73. The number of allylic oxidation sites excluding steroid dienone is 1. The first kappa shape index (κ1) is 40.7. The molecule has 3 aliphatic rings. The van der Waals surface area contributed by atoms with Gasteiger partial charge in [0, 0.05) is 31.4 Å². The van der Waals surface area contributed by atoms with E-state index in [1.807, 2.05) is 44.2 Å². The fourth-order valence-corrected chi connectivity index (χ4v) is 9.07. The lowest BCUT2D eigenvalue weighted by molar-refractivity contribution is -0.163. The van der Waals surface area contributed by atoms with Crippen molar-refractivity contribution in [1.82, 2.24) is 15.1 Å².